The zero-order valence-corrected chi connectivity index (χ0v) is 13.8. The van der Waals surface area contributed by atoms with Crippen LogP contribution in [0.1, 0.15) is 24.0 Å². The van der Waals surface area contributed by atoms with E-state index in [4.69, 9.17) is 26.8 Å². The molecule has 0 fully saturated rings. The van der Waals surface area contributed by atoms with E-state index in [0.29, 0.717) is 23.9 Å². The smallest absolute Gasteiger partial charge is 0.137 e. The van der Waals surface area contributed by atoms with Crippen molar-refractivity contribution in [2.45, 2.75) is 19.3 Å². The largest absolute Gasteiger partial charge is 0.495 e. The normalized spacial score (nSPS) is 12.0. The molecule has 0 aliphatic rings. The van der Waals surface area contributed by atoms with Gasteiger partial charge in [0.15, 0.2) is 0 Å². The summed E-state index contributed by atoms with van der Waals surface area (Å²) in [4.78, 5) is 0. The van der Waals surface area contributed by atoms with Crippen LogP contribution < -0.4 is 15.2 Å². The molecule has 0 aliphatic heterocycles. The predicted molar refractivity (Wildman–Crippen MR) is 91.1 cm³/mol. The molecular formula is C18H22ClNO2. The van der Waals surface area contributed by atoms with Gasteiger partial charge in [0, 0.05) is 5.92 Å². The van der Waals surface area contributed by atoms with E-state index in [-0.39, 0.29) is 5.92 Å². The molecule has 22 heavy (non-hydrogen) atoms. The Hall–Kier alpha value is -1.71. The fraction of sp³-hybridized carbons (Fsp3) is 0.333. The summed E-state index contributed by atoms with van der Waals surface area (Å²) in [5, 5.41) is 0.613. The molecule has 0 amide bonds. The topological polar surface area (TPSA) is 44.5 Å². The average Bonchev–Trinajstić information content (AvgIpc) is 2.53. The maximum absolute atomic E-state index is 6.21. The Bertz CT molecular complexity index is 616. The van der Waals surface area contributed by atoms with Crippen molar-refractivity contribution < 1.29 is 9.47 Å². The molecule has 2 rings (SSSR count). The molecule has 0 bridgehead atoms. The molecule has 4 heteroatoms. The van der Waals surface area contributed by atoms with Crippen LogP contribution in [0, 0.1) is 0 Å². The Morgan fingerprint density at radius 1 is 1.18 bits per heavy atom. The van der Waals surface area contributed by atoms with Crippen LogP contribution in [-0.4, -0.2) is 20.3 Å². The Labute approximate surface area is 137 Å². The van der Waals surface area contributed by atoms with Crippen molar-refractivity contribution in [1.29, 1.82) is 0 Å². The second-order valence-corrected chi connectivity index (χ2v) is 5.52. The Morgan fingerprint density at radius 3 is 2.64 bits per heavy atom. The predicted octanol–water partition coefficient (Wildman–Crippen LogP) is 4.03. The van der Waals surface area contributed by atoms with Gasteiger partial charge < -0.3 is 15.2 Å². The van der Waals surface area contributed by atoms with Gasteiger partial charge in [-0.3, -0.25) is 0 Å². The molecule has 0 aromatic heterocycles. The third-order valence-corrected chi connectivity index (χ3v) is 3.92. The first-order valence-electron chi connectivity index (χ1n) is 7.43. The Kier molecular flexibility index (Phi) is 6.10. The minimum absolute atomic E-state index is 0.209. The number of benzene rings is 2. The summed E-state index contributed by atoms with van der Waals surface area (Å²) in [6.07, 6.45) is 0.847. The molecule has 1 unspecified atom stereocenters. The minimum atomic E-state index is 0.209. The van der Waals surface area contributed by atoms with Gasteiger partial charge in [0.25, 0.3) is 0 Å². The van der Waals surface area contributed by atoms with Crippen LogP contribution in [0.15, 0.2) is 42.5 Å². The number of halogens is 1. The van der Waals surface area contributed by atoms with Crippen molar-refractivity contribution in [3.05, 3.63) is 58.6 Å². The molecule has 2 aromatic rings. The summed E-state index contributed by atoms with van der Waals surface area (Å²) in [6.45, 7) is 3.20. The van der Waals surface area contributed by atoms with E-state index in [9.17, 15) is 0 Å². The van der Waals surface area contributed by atoms with Crippen LogP contribution in [0.4, 0.5) is 0 Å². The molecule has 0 radical (unpaired) electrons. The van der Waals surface area contributed by atoms with Gasteiger partial charge in [-0.2, -0.15) is 0 Å². The van der Waals surface area contributed by atoms with Gasteiger partial charge in [0.2, 0.25) is 0 Å². The van der Waals surface area contributed by atoms with Crippen LogP contribution in [0.2, 0.25) is 5.02 Å². The van der Waals surface area contributed by atoms with Gasteiger partial charge in [0.1, 0.15) is 11.5 Å². The first-order valence-corrected chi connectivity index (χ1v) is 7.81. The Morgan fingerprint density at radius 2 is 2.00 bits per heavy atom. The molecule has 118 valence electrons. The van der Waals surface area contributed by atoms with E-state index in [2.05, 4.69) is 12.1 Å². The first-order chi connectivity index (χ1) is 10.7. The standard InChI is InChI=1S/C18H22ClNO2/c1-3-22-16-6-4-5-13(10-16)9-15(12-20)14-7-8-18(21-2)17(19)11-14/h4-8,10-11,15H,3,9,12,20H2,1-2H3. The fourth-order valence-corrected chi connectivity index (χ4v) is 2.75. The lowest BCUT2D eigenvalue weighted by atomic mass is 9.92. The van der Waals surface area contributed by atoms with Crippen LogP contribution in [-0.2, 0) is 6.42 Å². The van der Waals surface area contributed by atoms with Crippen LogP contribution in [0.3, 0.4) is 0 Å². The highest BCUT2D eigenvalue weighted by atomic mass is 35.5. The third-order valence-electron chi connectivity index (χ3n) is 3.62. The van der Waals surface area contributed by atoms with Crippen LogP contribution in [0.25, 0.3) is 0 Å². The molecule has 2 N–H and O–H groups in total. The highest BCUT2D eigenvalue weighted by molar-refractivity contribution is 6.32. The lowest BCUT2D eigenvalue weighted by Gasteiger charge is -2.17. The average molecular weight is 320 g/mol. The van der Waals surface area contributed by atoms with Gasteiger partial charge >= 0.3 is 0 Å². The van der Waals surface area contributed by atoms with Crippen molar-refractivity contribution in [1.82, 2.24) is 0 Å². The molecule has 3 nitrogen and oxygen atoms in total. The molecular weight excluding hydrogens is 298 g/mol. The number of nitrogens with two attached hydrogens (primary N) is 1. The number of methoxy groups -OCH3 is 1. The van der Waals surface area contributed by atoms with Crippen LogP contribution >= 0.6 is 11.6 Å². The number of hydrogen-bond acceptors (Lipinski definition) is 3. The molecule has 1 atom stereocenters. The van der Waals surface area contributed by atoms with E-state index in [1.165, 1.54) is 5.56 Å². The zero-order chi connectivity index (χ0) is 15.9. The second-order valence-electron chi connectivity index (χ2n) is 5.11. The van der Waals surface area contributed by atoms with Crippen molar-refractivity contribution >= 4 is 11.6 Å². The van der Waals surface area contributed by atoms with E-state index in [0.717, 1.165) is 17.7 Å². The lowest BCUT2D eigenvalue weighted by molar-refractivity contribution is 0.340. The molecule has 2 aromatic carbocycles. The molecule has 0 aliphatic carbocycles. The first kappa shape index (κ1) is 16.7. The summed E-state index contributed by atoms with van der Waals surface area (Å²) >= 11 is 6.21. The quantitative estimate of drug-likeness (QED) is 0.838. The second kappa shape index (κ2) is 8.06. The summed E-state index contributed by atoms with van der Waals surface area (Å²) in [5.74, 6) is 1.78. The summed E-state index contributed by atoms with van der Waals surface area (Å²) in [7, 11) is 1.61. The van der Waals surface area contributed by atoms with E-state index < -0.39 is 0 Å². The SMILES string of the molecule is CCOc1cccc(CC(CN)c2ccc(OC)c(Cl)c2)c1. The van der Waals surface area contributed by atoms with E-state index >= 15 is 0 Å². The molecule has 0 spiro atoms. The van der Waals surface area contributed by atoms with Gasteiger partial charge in [-0.1, -0.05) is 29.8 Å². The number of hydrogen-bond donors (Lipinski definition) is 1. The monoisotopic (exact) mass is 319 g/mol. The zero-order valence-electron chi connectivity index (χ0n) is 13.0. The molecule has 0 saturated heterocycles. The Balaban J connectivity index is 2.18. The van der Waals surface area contributed by atoms with Gasteiger partial charge in [-0.05, 0) is 55.3 Å². The van der Waals surface area contributed by atoms with E-state index in [1.54, 1.807) is 7.11 Å². The van der Waals surface area contributed by atoms with Crippen molar-refractivity contribution in [3.8, 4) is 11.5 Å². The van der Waals surface area contributed by atoms with Gasteiger partial charge in [0.05, 0.1) is 18.7 Å². The number of ether oxygens (including phenoxy) is 2. The van der Waals surface area contributed by atoms with Crippen molar-refractivity contribution in [2.75, 3.05) is 20.3 Å². The molecule has 0 saturated carbocycles. The number of rotatable bonds is 7. The third kappa shape index (κ3) is 4.15. The molecule has 0 heterocycles. The van der Waals surface area contributed by atoms with Gasteiger partial charge in [-0.15, -0.1) is 0 Å². The fourth-order valence-electron chi connectivity index (χ4n) is 2.49. The van der Waals surface area contributed by atoms with Crippen LogP contribution in [0.5, 0.6) is 11.5 Å². The maximum atomic E-state index is 6.21. The van der Waals surface area contributed by atoms with Gasteiger partial charge in [-0.25, -0.2) is 0 Å². The van der Waals surface area contributed by atoms with Crippen molar-refractivity contribution in [3.63, 3.8) is 0 Å². The van der Waals surface area contributed by atoms with E-state index in [1.807, 2.05) is 37.3 Å². The van der Waals surface area contributed by atoms with Crippen molar-refractivity contribution in [2.24, 2.45) is 5.73 Å². The summed E-state index contributed by atoms with van der Waals surface area (Å²) in [6, 6.07) is 14.0. The highest BCUT2D eigenvalue weighted by Gasteiger charge is 2.13. The highest BCUT2D eigenvalue weighted by Crippen LogP contribution is 2.30. The lowest BCUT2D eigenvalue weighted by Crippen LogP contribution is -2.15. The summed E-state index contributed by atoms with van der Waals surface area (Å²) < 4.78 is 10.7. The summed E-state index contributed by atoms with van der Waals surface area (Å²) in [5.41, 5.74) is 8.29. The maximum Gasteiger partial charge on any atom is 0.137 e. The minimum Gasteiger partial charge on any atom is -0.495 e.